The van der Waals surface area contributed by atoms with Gasteiger partial charge < -0.3 is 5.32 Å². The van der Waals surface area contributed by atoms with Crippen molar-refractivity contribution < 1.29 is 4.79 Å². The van der Waals surface area contributed by atoms with Gasteiger partial charge in [-0.2, -0.15) is 0 Å². The van der Waals surface area contributed by atoms with E-state index in [0.29, 0.717) is 0 Å². The van der Waals surface area contributed by atoms with Crippen molar-refractivity contribution >= 4 is 5.91 Å². The Labute approximate surface area is 76.5 Å². The van der Waals surface area contributed by atoms with Crippen molar-refractivity contribution in [2.45, 2.75) is 12.5 Å². The molecule has 1 amide bonds. The van der Waals surface area contributed by atoms with Gasteiger partial charge in [0.05, 0.1) is 6.04 Å². The van der Waals surface area contributed by atoms with E-state index in [-0.39, 0.29) is 11.9 Å². The third-order valence-corrected chi connectivity index (χ3v) is 2.04. The highest BCUT2D eigenvalue weighted by molar-refractivity contribution is 5.88. The van der Waals surface area contributed by atoms with Crippen LogP contribution >= 0.6 is 0 Å². The molecule has 1 N–H and O–H groups in total. The van der Waals surface area contributed by atoms with E-state index in [0.717, 1.165) is 12.0 Å². The fraction of sp³-hybridized carbons (Fsp3) is 0.200. The summed E-state index contributed by atoms with van der Waals surface area (Å²) in [6, 6.07) is 3.93. The van der Waals surface area contributed by atoms with E-state index in [1.807, 2.05) is 18.2 Å². The van der Waals surface area contributed by atoms with Crippen LogP contribution in [0, 0.1) is 0 Å². The molecule has 3 nitrogen and oxygen atoms in total. The Balaban J connectivity index is 2.19. The Morgan fingerprint density at radius 1 is 1.54 bits per heavy atom. The van der Waals surface area contributed by atoms with E-state index in [4.69, 9.17) is 0 Å². The van der Waals surface area contributed by atoms with Gasteiger partial charge in [-0.1, -0.05) is 12.1 Å². The first-order chi connectivity index (χ1) is 6.36. The van der Waals surface area contributed by atoms with Crippen LogP contribution in [0.4, 0.5) is 0 Å². The zero-order valence-electron chi connectivity index (χ0n) is 7.10. The zero-order chi connectivity index (χ0) is 9.10. The lowest BCUT2D eigenvalue weighted by atomic mass is 10.0. The summed E-state index contributed by atoms with van der Waals surface area (Å²) in [4.78, 5) is 15.0. The standard InChI is InChI=1S/C10H10N2O/c13-10-5-1-4-9(12-10)8-3-2-6-11-7-8/h1-3,5-7,9H,4H2,(H,12,13)/t9-/m0/s1. The number of rotatable bonds is 1. The maximum absolute atomic E-state index is 11.0. The maximum Gasteiger partial charge on any atom is 0.244 e. The molecule has 13 heavy (non-hydrogen) atoms. The molecule has 1 atom stereocenters. The summed E-state index contributed by atoms with van der Waals surface area (Å²) in [7, 11) is 0. The fourth-order valence-electron chi connectivity index (χ4n) is 1.39. The van der Waals surface area contributed by atoms with Gasteiger partial charge in [0, 0.05) is 12.4 Å². The second kappa shape index (κ2) is 3.39. The van der Waals surface area contributed by atoms with Crippen LogP contribution < -0.4 is 5.32 Å². The van der Waals surface area contributed by atoms with Gasteiger partial charge in [-0.3, -0.25) is 9.78 Å². The summed E-state index contributed by atoms with van der Waals surface area (Å²) >= 11 is 0. The van der Waals surface area contributed by atoms with Crippen LogP contribution in [0.1, 0.15) is 18.0 Å². The van der Waals surface area contributed by atoms with Crippen molar-refractivity contribution in [1.82, 2.24) is 10.3 Å². The number of hydrogen-bond acceptors (Lipinski definition) is 2. The summed E-state index contributed by atoms with van der Waals surface area (Å²) in [5, 5.41) is 2.87. The van der Waals surface area contributed by atoms with Crippen molar-refractivity contribution in [3.05, 3.63) is 42.2 Å². The van der Waals surface area contributed by atoms with E-state index in [9.17, 15) is 4.79 Å². The molecule has 3 heteroatoms. The van der Waals surface area contributed by atoms with Gasteiger partial charge in [-0.15, -0.1) is 0 Å². The molecule has 66 valence electrons. The molecule has 1 aliphatic heterocycles. The van der Waals surface area contributed by atoms with E-state index >= 15 is 0 Å². The molecule has 0 bridgehead atoms. The largest absolute Gasteiger partial charge is 0.345 e. The van der Waals surface area contributed by atoms with Gasteiger partial charge in [-0.05, 0) is 24.1 Å². The number of carbonyl (C=O) groups is 1. The molecule has 2 heterocycles. The topological polar surface area (TPSA) is 42.0 Å². The molecule has 1 aromatic rings. The Bertz CT molecular complexity index is 332. The van der Waals surface area contributed by atoms with E-state index in [1.54, 1.807) is 18.5 Å². The summed E-state index contributed by atoms with van der Waals surface area (Å²) in [5.41, 5.74) is 1.06. The number of hydrogen-bond donors (Lipinski definition) is 1. The molecule has 0 saturated carbocycles. The van der Waals surface area contributed by atoms with Crippen molar-refractivity contribution in [2.75, 3.05) is 0 Å². The van der Waals surface area contributed by atoms with Gasteiger partial charge >= 0.3 is 0 Å². The minimum absolute atomic E-state index is 0.0277. The fourth-order valence-corrected chi connectivity index (χ4v) is 1.39. The average Bonchev–Trinajstić information content (AvgIpc) is 2.19. The van der Waals surface area contributed by atoms with Crippen LogP contribution in [-0.4, -0.2) is 10.9 Å². The molecule has 2 rings (SSSR count). The molecule has 0 radical (unpaired) electrons. The number of amides is 1. The molecule has 0 aromatic carbocycles. The molecular formula is C10H10N2O. The monoisotopic (exact) mass is 174 g/mol. The Kier molecular flexibility index (Phi) is 2.08. The minimum Gasteiger partial charge on any atom is -0.345 e. The lowest BCUT2D eigenvalue weighted by Gasteiger charge is -2.19. The van der Waals surface area contributed by atoms with Crippen molar-refractivity contribution in [3.8, 4) is 0 Å². The quantitative estimate of drug-likeness (QED) is 0.695. The van der Waals surface area contributed by atoms with Gasteiger partial charge in [0.2, 0.25) is 5.91 Å². The molecule has 0 spiro atoms. The Hall–Kier alpha value is -1.64. The smallest absolute Gasteiger partial charge is 0.244 e. The lowest BCUT2D eigenvalue weighted by molar-refractivity contribution is -0.117. The van der Waals surface area contributed by atoms with Crippen molar-refractivity contribution in [2.24, 2.45) is 0 Å². The third kappa shape index (κ3) is 1.75. The number of pyridine rings is 1. The minimum atomic E-state index is -0.0277. The Morgan fingerprint density at radius 3 is 3.15 bits per heavy atom. The Morgan fingerprint density at radius 2 is 2.46 bits per heavy atom. The summed E-state index contributed by atoms with van der Waals surface area (Å²) in [5.74, 6) is -0.0277. The molecule has 0 unspecified atom stereocenters. The van der Waals surface area contributed by atoms with Gasteiger partial charge in [0.1, 0.15) is 0 Å². The van der Waals surface area contributed by atoms with Gasteiger partial charge in [-0.25, -0.2) is 0 Å². The van der Waals surface area contributed by atoms with E-state index in [1.165, 1.54) is 0 Å². The normalized spacial score (nSPS) is 21.2. The highest BCUT2D eigenvalue weighted by Crippen LogP contribution is 2.18. The average molecular weight is 174 g/mol. The van der Waals surface area contributed by atoms with E-state index < -0.39 is 0 Å². The first kappa shape index (κ1) is 7.98. The highest BCUT2D eigenvalue weighted by Gasteiger charge is 2.14. The first-order valence-electron chi connectivity index (χ1n) is 4.23. The molecule has 0 saturated heterocycles. The van der Waals surface area contributed by atoms with E-state index in [2.05, 4.69) is 10.3 Å². The summed E-state index contributed by atoms with van der Waals surface area (Å²) in [6.45, 7) is 0. The molecule has 1 aliphatic rings. The SMILES string of the molecule is O=C1C=CC[C@@H](c2cccnc2)N1. The number of aromatic nitrogens is 1. The van der Waals surface area contributed by atoms with Crippen LogP contribution in [0.5, 0.6) is 0 Å². The second-order valence-corrected chi connectivity index (χ2v) is 2.99. The predicted octanol–water partition coefficient (Wildman–Crippen LogP) is 1.20. The second-order valence-electron chi connectivity index (χ2n) is 2.99. The zero-order valence-corrected chi connectivity index (χ0v) is 7.10. The molecule has 0 aliphatic carbocycles. The molecule has 0 fully saturated rings. The molecule has 1 aromatic heterocycles. The van der Waals surface area contributed by atoms with Crippen molar-refractivity contribution in [3.63, 3.8) is 0 Å². The van der Waals surface area contributed by atoms with Crippen LogP contribution in [0.2, 0.25) is 0 Å². The maximum atomic E-state index is 11.0. The lowest BCUT2D eigenvalue weighted by Crippen LogP contribution is -2.29. The van der Waals surface area contributed by atoms with Crippen LogP contribution in [0.15, 0.2) is 36.7 Å². The van der Waals surface area contributed by atoms with Gasteiger partial charge in [0.25, 0.3) is 0 Å². The van der Waals surface area contributed by atoms with Crippen molar-refractivity contribution in [1.29, 1.82) is 0 Å². The molecular weight excluding hydrogens is 164 g/mol. The van der Waals surface area contributed by atoms with Crippen LogP contribution in [0.3, 0.4) is 0 Å². The number of nitrogens with one attached hydrogen (secondary N) is 1. The predicted molar refractivity (Wildman–Crippen MR) is 48.9 cm³/mol. The summed E-state index contributed by atoms with van der Waals surface area (Å²) in [6.07, 6.45) is 7.80. The first-order valence-corrected chi connectivity index (χ1v) is 4.23. The van der Waals surface area contributed by atoms with Crippen LogP contribution in [-0.2, 0) is 4.79 Å². The highest BCUT2D eigenvalue weighted by atomic mass is 16.1. The number of nitrogens with zero attached hydrogens (tertiary/aromatic N) is 1. The van der Waals surface area contributed by atoms with Crippen LogP contribution in [0.25, 0.3) is 0 Å². The number of carbonyl (C=O) groups excluding carboxylic acids is 1. The summed E-state index contributed by atoms with van der Waals surface area (Å²) < 4.78 is 0. The van der Waals surface area contributed by atoms with Gasteiger partial charge in [0.15, 0.2) is 0 Å². The third-order valence-electron chi connectivity index (χ3n) is 2.04.